The first-order valence-electron chi connectivity index (χ1n) is 11.8. The minimum absolute atomic E-state index is 0.131. The summed E-state index contributed by atoms with van der Waals surface area (Å²) in [6.07, 6.45) is -1.40. The van der Waals surface area contributed by atoms with Crippen LogP contribution in [0, 0.1) is 5.82 Å². The zero-order valence-corrected chi connectivity index (χ0v) is 20.6. The Kier molecular flexibility index (Phi) is 5.56. The van der Waals surface area contributed by atoms with Gasteiger partial charge in [0.05, 0.1) is 4.90 Å². The lowest BCUT2D eigenvalue weighted by Crippen LogP contribution is -2.38. The second kappa shape index (κ2) is 8.55. The smallest absolute Gasteiger partial charge is 0.256 e. The predicted molar refractivity (Wildman–Crippen MR) is 126 cm³/mol. The molecule has 0 aromatic heterocycles. The maximum Gasteiger partial charge on any atom is 0.256 e. The molecule has 0 saturated carbocycles. The van der Waals surface area contributed by atoms with Gasteiger partial charge in [-0.05, 0) is 47.5 Å². The van der Waals surface area contributed by atoms with Crippen LogP contribution < -0.4 is 9.47 Å². The number of aliphatic hydroxyl groups is 1. The van der Waals surface area contributed by atoms with Crippen LogP contribution in [0.2, 0.25) is 0 Å². The van der Waals surface area contributed by atoms with E-state index in [2.05, 4.69) is 0 Å². The summed E-state index contributed by atoms with van der Waals surface area (Å²) in [5.74, 6) is 0.132. The highest BCUT2D eigenvalue weighted by Crippen LogP contribution is 2.37. The Morgan fingerprint density at radius 3 is 2.33 bits per heavy atom. The Morgan fingerprint density at radius 1 is 0.944 bits per heavy atom. The van der Waals surface area contributed by atoms with Crippen LogP contribution in [0.1, 0.15) is 22.8 Å². The molecule has 0 saturated heterocycles. The number of sulfonamides is 1. The van der Waals surface area contributed by atoms with E-state index in [1.807, 2.05) is 11.9 Å². The third kappa shape index (κ3) is 3.78. The van der Waals surface area contributed by atoms with Gasteiger partial charge in [-0.15, -0.1) is 0 Å². The molecule has 0 aliphatic carbocycles. The molecule has 4 heterocycles. The van der Waals surface area contributed by atoms with Gasteiger partial charge >= 0.3 is 0 Å². The van der Waals surface area contributed by atoms with E-state index < -0.39 is 22.0 Å². The Hall–Kier alpha value is -2.99. The van der Waals surface area contributed by atoms with Crippen LogP contribution in [0.4, 0.5) is 4.39 Å². The van der Waals surface area contributed by atoms with Gasteiger partial charge in [0.25, 0.3) is 5.91 Å². The monoisotopic (exact) mass is 515 g/mol. The molecule has 0 spiro atoms. The lowest BCUT2D eigenvalue weighted by atomic mass is 9.98. The number of nitrogens with zero attached hydrogens (tertiary/aromatic N) is 3. The number of benzene rings is 2. The first-order chi connectivity index (χ1) is 17.2. The summed E-state index contributed by atoms with van der Waals surface area (Å²) in [6.45, 7) is 2.56. The standard InChI is InChI=1S/C25H26FN3O6S/c1-27-13-19-18(3-4-21(26)20(19)14-27)24(30)25(31)28-9-15-11-29(12-16(15)10-28)36(32,33)17-2-5-22-23(8-17)35-7-6-34-22/h2-5,8,24,30H,6-7,9-14H2,1H3/t24-/m1/s1. The summed E-state index contributed by atoms with van der Waals surface area (Å²) in [4.78, 5) is 16.8. The molecule has 2 aromatic carbocycles. The molecular formula is C25H26FN3O6S. The van der Waals surface area contributed by atoms with Gasteiger partial charge in [0.15, 0.2) is 17.6 Å². The Morgan fingerprint density at radius 2 is 1.61 bits per heavy atom. The number of fused-ring (bicyclic) bond motifs is 2. The maximum absolute atomic E-state index is 14.2. The fourth-order valence-electron chi connectivity index (χ4n) is 5.40. The van der Waals surface area contributed by atoms with E-state index in [9.17, 15) is 22.7 Å². The van der Waals surface area contributed by atoms with Gasteiger partial charge in [0.2, 0.25) is 10.0 Å². The number of halogens is 1. The first kappa shape index (κ1) is 23.4. The van der Waals surface area contributed by atoms with E-state index in [1.165, 1.54) is 33.5 Å². The molecule has 1 amide bonds. The number of carbonyl (C=O) groups excluding carboxylic acids is 1. The maximum atomic E-state index is 14.2. The fourth-order valence-corrected chi connectivity index (χ4v) is 6.85. The lowest BCUT2D eigenvalue weighted by molar-refractivity contribution is -0.139. The zero-order chi connectivity index (χ0) is 25.2. The van der Waals surface area contributed by atoms with Crippen LogP contribution in [0.5, 0.6) is 11.5 Å². The van der Waals surface area contributed by atoms with E-state index in [0.717, 1.165) is 11.1 Å². The van der Waals surface area contributed by atoms with Gasteiger partial charge in [-0.3, -0.25) is 9.69 Å². The number of amides is 1. The van der Waals surface area contributed by atoms with Gasteiger partial charge in [0, 0.05) is 50.9 Å². The van der Waals surface area contributed by atoms with Gasteiger partial charge in [0.1, 0.15) is 19.0 Å². The minimum Gasteiger partial charge on any atom is -0.486 e. The largest absolute Gasteiger partial charge is 0.486 e. The van der Waals surface area contributed by atoms with Gasteiger partial charge in [-0.2, -0.15) is 4.31 Å². The van der Waals surface area contributed by atoms with Gasteiger partial charge in [-0.1, -0.05) is 6.07 Å². The predicted octanol–water partition coefficient (Wildman–Crippen LogP) is 1.42. The van der Waals surface area contributed by atoms with E-state index in [4.69, 9.17) is 9.47 Å². The van der Waals surface area contributed by atoms with Crippen LogP contribution in [-0.2, 0) is 27.9 Å². The van der Waals surface area contributed by atoms with Crippen LogP contribution in [0.3, 0.4) is 0 Å². The number of aliphatic hydroxyl groups excluding tert-OH is 1. The molecule has 0 radical (unpaired) electrons. The SMILES string of the molecule is CN1Cc2c(F)ccc([C@@H](O)C(=O)N3CC4=C(C3)CN(S(=O)(=O)c3ccc5c(c3)OCCO5)C4)c2C1. The molecule has 2 aromatic rings. The number of carbonyl (C=O) groups is 1. The highest BCUT2D eigenvalue weighted by atomic mass is 32.2. The van der Waals surface area contributed by atoms with Crippen molar-refractivity contribution in [2.24, 2.45) is 0 Å². The molecule has 36 heavy (non-hydrogen) atoms. The quantitative estimate of drug-likeness (QED) is 0.615. The summed E-state index contributed by atoms with van der Waals surface area (Å²) in [6, 6.07) is 7.38. The molecule has 4 aliphatic rings. The lowest BCUT2D eigenvalue weighted by Gasteiger charge is -2.25. The molecular weight excluding hydrogens is 489 g/mol. The number of hydrogen-bond donors (Lipinski definition) is 1. The summed E-state index contributed by atoms with van der Waals surface area (Å²) in [5.41, 5.74) is 3.33. The van der Waals surface area contributed by atoms with Crippen LogP contribution in [0.15, 0.2) is 46.4 Å². The summed E-state index contributed by atoms with van der Waals surface area (Å²) >= 11 is 0. The van der Waals surface area contributed by atoms with Crippen LogP contribution in [0.25, 0.3) is 0 Å². The van der Waals surface area contributed by atoms with Crippen molar-refractivity contribution in [2.45, 2.75) is 24.1 Å². The van der Waals surface area contributed by atoms with E-state index in [-0.39, 0.29) is 36.9 Å². The molecule has 4 aliphatic heterocycles. The minimum atomic E-state index is -3.76. The first-order valence-corrected chi connectivity index (χ1v) is 13.2. The average Bonchev–Trinajstić information content (AvgIpc) is 3.56. The summed E-state index contributed by atoms with van der Waals surface area (Å²) in [7, 11) is -1.91. The van der Waals surface area contributed by atoms with E-state index in [0.29, 0.717) is 54.5 Å². The van der Waals surface area contributed by atoms with Crippen LogP contribution >= 0.6 is 0 Å². The van der Waals surface area contributed by atoms with Crippen molar-refractivity contribution in [1.82, 2.24) is 14.1 Å². The normalized spacial score (nSPS) is 20.6. The summed E-state index contributed by atoms with van der Waals surface area (Å²) in [5, 5.41) is 10.9. The molecule has 0 bridgehead atoms. The van der Waals surface area contributed by atoms with Crippen molar-refractivity contribution in [1.29, 1.82) is 0 Å². The van der Waals surface area contributed by atoms with Crippen molar-refractivity contribution in [3.05, 3.63) is 64.0 Å². The number of ether oxygens (including phenoxy) is 2. The van der Waals surface area contributed by atoms with Crippen LogP contribution in [-0.4, -0.2) is 80.0 Å². The Labute approximate surface area is 208 Å². The van der Waals surface area contributed by atoms with E-state index in [1.54, 1.807) is 6.07 Å². The molecule has 9 nitrogen and oxygen atoms in total. The zero-order valence-electron chi connectivity index (χ0n) is 19.7. The Bertz CT molecular complexity index is 1390. The third-order valence-electron chi connectivity index (χ3n) is 7.26. The van der Waals surface area contributed by atoms with Crippen molar-refractivity contribution < 1.29 is 32.2 Å². The third-order valence-corrected chi connectivity index (χ3v) is 9.04. The highest BCUT2D eigenvalue weighted by Gasteiger charge is 2.40. The van der Waals surface area contributed by atoms with Gasteiger partial charge < -0.3 is 19.5 Å². The van der Waals surface area contributed by atoms with Gasteiger partial charge in [-0.25, -0.2) is 12.8 Å². The molecule has 11 heteroatoms. The topological polar surface area (TPSA) is 99.6 Å². The fraction of sp³-hybridized carbons (Fsp3) is 0.400. The van der Waals surface area contributed by atoms with Crippen molar-refractivity contribution in [2.75, 3.05) is 46.4 Å². The Balaban J connectivity index is 1.14. The molecule has 1 atom stereocenters. The highest BCUT2D eigenvalue weighted by molar-refractivity contribution is 7.89. The second-order valence-corrected chi connectivity index (χ2v) is 11.6. The van der Waals surface area contributed by atoms with Crippen molar-refractivity contribution in [3.8, 4) is 11.5 Å². The molecule has 0 fully saturated rings. The molecule has 0 unspecified atom stereocenters. The molecule has 190 valence electrons. The average molecular weight is 516 g/mol. The van der Waals surface area contributed by atoms with E-state index >= 15 is 0 Å². The molecule has 1 N–H and O–H groups in total. The second-order valence-electron chi connectivity index (χ2n) is 9.65. The number of rotatable bonds is 4. The summed E-state index contributed by atoms with van der Waals surface area (Å²) < 4.78 is 53.2. The van der Waals surface area contributed by atoms with Crippen molar-refractivity contribution >= 4 is 15.9 Å². The van der Waals surface area contributed by atoms with Crippen molar-refractivity contribution in [3.63, 3.8) is 0 Å². The molecule has 6 rings (SSSR count). The number of hydrogen-bond acceptors (Lipinski definition) is 7.